The van der Waals surface area contributed by atoms with E-state index >= 15 is 0 Å². The van der Waals surface area contributed by atoms with Crippen LogP contribution in [0, 0.1) is 10.8 Å². The smallest absolute Gasteiger partial charge is 0.348 e. The Bertz CT molecular complexity index is 549. The molecule has 0 radical (unpaired) electrons. The second kappa shape index (κ2) is 6.22. The Balaban J connectivity index is 1.50. The SMILES string of the molecule is CC1(COC(=O)c2ccc(C(=O)OCC3(C)COC3)s2)COC1. The first-order valence-corrected chi connectivity index (χ1v) is 8.31. The number of hydrogen-bond acceptors (Lipinski definition) is 7. The molecule has 0 saturated carbocycles. The first-order valence-electron chi connectivity index (χ1n) is 7.49. The molecule has 0 aliphatic carbocycles. The minimum atomic E-state index is -0.415. The Hall–Kier alpha value is -1.44. The Morgan fingerprint density at radius 1 is 0.957 bits per heavy atom. The van der Waals surface area contributed by atoms with Crippen LogP contribution in [0.3, 0.4) is 0 Å². The van der Waals surface area contributed by atoms with Gasteiger partial charge >= 0.3 is 11.9 Å². The summed E-state index contributed by atoms with van der Waals surface area (Å²) < 4.78 is 20.8. The summed E-state index contributed by atoms with van der Waals surface area (Å²) in [5.41, 5.74) is -0.177. The minimum Gasteiger partial charge on any atom is -0.461 e. The van der Waals surface area contributed by atoms with Crippen LogP contribution in [-0.4, -0.2) is 51.6 Å². The van der Waals surface area contributed by atoms with Crippen molar-refractivity contribution in [2.75, 3.05) is 39.6 Å². The molecule has 126 valence electrons. The summed E-state index contributed by atoms with van der Waals surface area (Å²) in [7, 11) is 0. The van der Waals surface area contributed by atoms with Crippen LogP contribution in [0.5, 0.6) is 0 Å². The zero-order valence-corrected chi connectivity index (χ0v) is 14.1. The fourth-order valence-electron chi connectivity index (χ4n) is 2.25. The highest BCUT2D eigenvalue weighted by Crippen LogP contribution is 2.29. The van der Waals surface area contributed by atoms with E-state index in [1.807, 2.05) is 13.8 Å². The number of esters is 2. The van der Waals surface area contributed by atoms with Gasteiger partial charge in [-0.15, -0.1) is 11.3 Å². The van der Waals surface area contributed by atoms with Crippen LogP contribution in [0.1, 0.15) is 33.2 Å². The van der Waals surface area contributed by atoms with Crippen LogP contribution in [0.2, 0.25) is 0 Å². The lowest BCUT2D eigenvalue weighted by Gasteiger charge is -2.37. The van der Waals surface area contributed by atoms with E-state index in [4.69, 9.17) is 18.9 Å². The third kappa shape index (κ3) is 3.73. The standard InChI is InChI=1S/C16H20O6S/c1-15(5-19-6-15)9-21-13(17)11-3-4-12(23-11)14(18)22-10-16(2)7-20-8-16/h3-4H,5-10H2,1-2H3. The molecule has 0 spiro atoms. The van der Waals surface area contributed by atoms with Gasteiger partial charge in [0.15, 0.2) is 0 Å². The van der Waals surface area contributed by atoms with Crippen LogP contribution in [0.4, 0.5) is 0 Å². The molecule has 6 nitrogen and oxygen atoms in total. The summed E-state index contributed by atoms with van der Waals surface area (Å²) in [6.07, 6.45) is 0. The lowest BCUT2D eigenvalue weighted by molar-refractivity contribution is -0.127. The number of thiophene rings is 1. The van der Waals surface area contributed by atoms with Gasteiger partial charge in [-0.3, -0.25) is 0 Å². The van der Waals surface area contributed by atoms with Crippen molar-refractivity contribution < 1.29 is 28.5 Å². The van der Waals surface area contributed by atoms with Crippen molar-refractivity contribution in [1.82, 2.24) is 0 Å². The van der Waals surface area contributed by atoms with Gasteiger partial charge < -0.3 is 18.9 Å². The topological polar surface area (TPSA) is 71.1 Å². The van der Waals surface area contributed by atoms with Crippen molar-refractivity contribution in [3.8, 4) is 0 Å². The van der Waals surface area contributed by atoms with Gasteiger partial charge in [0.05, 0.1) is 26.4 Å². The largest absolute Gasteiger partial charge is 0.461 e. The maximum absolute atomic E-state index is 12.0. The van der Waals surface area contributed by atoms with E-state index < -0.39 is 11.9 Å². The fraction of sp³-hybridized carbons (Fsp3) is 0.625. The number of ether oxygens (including phenoxy) is 4. The second-order valence-electron chi connectivity index (χ2n) is 6.92. The molecule has 1 aromatic rings. The quantitative estimate of drug-likeness (QED) is 0.739. The first-order chi connectivity index (χ1) is 10.9. The molecule has 0 aromatic carbocycles. The summed E-state index contributed by atoms with van der Waals surface area (Å²) >= 11 is 1.09. The number of carbonyl (C=O) groups excluding carboxylic acids is 2. The molecule has 3 rings (SSSR count). The van der Waals surface area contributed by atoms with Gasteiger partial charge in [0.25, 0.3) is 0 Å². The predicted molar refractivity (Wildman–Crippen MR) is 82.7 cm³/mol. The molecule has 0 amide bonds. The molecular formula is C16H20O6S. The summed E-state index contributed by atoms with van der Waals surface area (Å²) in [4.78, 5) is 24.8. The molecule has 1 aromatic heterocycles. The highest BCUT2D eigenvalue weighted by atomic mass is 32.1. The van der Waals surface area contributed by atoms with E-state index in [2.05, 4.69) is 0 Å². The minimum absolute atomic E-state index is 0.0883. The van der Waals surface area contributed by atoms with E-state index in [0.29, 0.717) is 49.4 Å². The maximum Gasteiger partial charge on any atom is 0.348 e. The van der Waals surface area contributed by atoms with Crippen LogP contribution < -0.4 is 0 Å². The van der Waals surface area contributed by atoms with Gasteiger partial charge in [-0.1, -0.05) is 13.8 Å². The van der Waals surface area contributed by atoms with E-state index in [-0.39, 0.29) is 10.8 Å². The van der Waals surface area contributed by atoms with Crippen LogP contribution in [-0.2, 0) is 18.9 Å². The van der Waals surface area contributed by atoms with Crippen LogP contribution in [0.15, 0.2) is 12.1 Å². The van der Waals surface area contributed by atoms with Gasteiger partial charge in [-0.2, -0.15) is 0 Å². The van der Waals surface area contributed by atoms with E-state index in [1.165, 1.54) is 0 Å². The van der Waals surface area contributed by atoms with Crippen molar-refractivity contribution in [3.63, 3.8) is 0 Å². The van der Waals surface area contributed by atoms with Crippen LogP contribution in [0.25, 0.3) is 0 Å². The van der Waals surface area contributed by atoms with E-state index in [0.717, 1.165) is 11.3 Å². The number of rotatable bonds is 6. The van der Waals surface area contributed by atoms with Crippen molar-refractivity contribution in [2.24, 2.45) is 10.8 Å². The molecule has 2 fully saturated rings. The van der Waals surface area contributed by atoms with Gasteiger partial charge in [0.1, 0.15) is 23.0 Å². The van der Waals surface area contributed by atoms with Gasteiger partial charge in [-0.25, -0.2) is 9.59 Å². The van der Waals surface area contributed by atoms with Gasteiger partial charge in [-0.05, 0) is 12.1 Å². The van der Waals surface area contributed by atoms with Gasteiger partial charge in [0.2, 0.25) is 0 Å². The Morgan fingerprint density at radius 3 is 1.65 bits per heavy atom. The molecule has 3 heterocycles. The molecule has 0 bridgehead atoms. The Morgan fingerprint density at radius 2 is 1.35 bits per heavy atom. The highest BCUT2D eigenvalue weighted by Gasteiger charge is 2.36. The molecule has 2 aliphatic rings. The van der Waals surface area contributed by atoms with Crippen LogP contribution >= 0.6 is 11.3 Å². The third-order valence-electron chi connectivity index (χ3n) is 3.91. The first kappa shape index (κ1) is 16.4. The average molecular weight is 340 g/mol. The lowest BCUT2D eigenvalue weighted by atomic mass is 9.90. The number of carbonyl (C=O) groups is 2. The predicted octanol–water partition coefficient (Wildman–Crippen LogP) is 2.13. The zero-order chi connectivity index (χ0) is 16.5. The molecule has 0 atom stereocenters. The molecule has 7 heteroatoms. The molecule has 2 aliphatic heterocycles. The monoisotopic (exact) mass is 340 g/mol. The Labute approximate surface area is 138 Å². The zero-order valence-electron chi connectivity index (χ0n) is 13.3. The van der Waals surface area contributed by atoms with Crippen molar-refractivity contribution in [3.05, 3.63) is 21.9 Å². The Kier molecular flexibility index (Phi) is 4.44. The van der Waals surface area contributed by atoms with Gasteiger partial charge in [0, 0.05) is 10.8 Å². The van der Waals surface area contributed by atoms with E-state index in [1.54, 1.807) is 12.1 Å². The van der Waals surface area contributed by atoms with Crippen molar-refractivity contribution in [1.29, 1.82) is 0 Å². The lowest BCUT2D eigenvalue weighted by Crippen LogP contribution is -2.44. The summed E-state index contributed by atoms with van der Waals surface area (Å²) in [5, 5.41) is 0. The number of hydrogen-bond donors (Lipinski definition) is 0. The van der Waals surface area contributed by atoms with Crippen molar-refractivity contribution >= 4 is 23.3 Å². The molecule has 2 saturated heterocycles. The summed E-state index contributed by atoms with van der Waals surface area (Å²) in [6.45, 7) is 7.06. The maximum atomic E-state index is 12.0. The second-order valence-corrected chi connectivity index (χ2v) is 8.01. The highest BCUT2D eigenvalue weighted by molar-refractivity contribution is 7.15. The van der Waals surface area contributed by atoms with Crippen molar-refractivity contribution in [2.45, 2.75) is 13.8 Å². The summed E-state index contributed by atoms with van der Waals surface area (Å²) in [5.74, 6) is -0.831. The van der Waals surface area contributed by atoms with E-state index in [9.17, 15) is 9.59 Å². The normalized spacial score (nSPS) is 21.0. The third-order valence-corrected chi connectivity index (χ3v) is 4.96. The molecule has 0 N–H and O–H groups in total. The molecule has 23 heavy (non-hydrogen) atoms. The molecular weight excluding hydrogens is 320 g/mol. The molecule has 0 unspecified atom stereocenters. The average Bonchev–Trinajstić information content (AvgIpc) is 2.96. The fourth-order valence-corrected chi connectivity index (χ4v) is 3.04. The summed E-state index contributed by atoms with van der Waals surface area (Å²) in [6, 6.07) is 3.19.